The lowest BCUT2D eigenvalue weighted by Crippen LogP contribution is -2.01. The smallest absolute Gasteiger partial charge is 0.208 e. The van der Waals surface area contributed by atoms with Crippen molar-refractivity contribution in [1.82, 2.24) is 9.55 Å². The lowest BCUT2D eigenvalue weighted by Gasteiger charge is -2.11. The first-order chi connectivity index (χ1) is 9.69. The summed E-state index contributed by atoms with van der Waals surface area (Å²) in [5.74, 6) is 1.61. The van der Waals surface area contributed by atoms with Crippen molar-refractivity contribution in [2.24, 2.45) is 7.05 Å². The van der Waals surface area contributed by atoms with Crippen LogP contribution in [0.2, 0.25) is 0 Å². The van der Waals surface area contributed by atoms with E-state index in [0.717, 1.165) is 28.4 Å². The molecule has 4 nitrogen and oxygen atoms in total. The quantitative estimate of drug-likeness (QED) is 0.787. The van der Waals surface area contributed by atoms with Gasteiger partial charge in [0.15, 0.2) is 0 Å². The van der Waals surface area contributed by atoms with E-state index in [1.165, 1.54) is 5.56 Å². The molecule has 0 aliphatic rings. The molecular weight excluding hydrogens is 250 g/mol. The number of rotatable bonds is 3. The first-order valence-corrected chi connectivity index (χ1v) is 6.52. The van der Waals surface area contributed by atoms with Crippen molar-refractivity contribution in [2.75, 3.05) is 12.4 Å². The second-order valence-electron chi connectivity index (χ2n) is 4.81. The van der Waals surface area contributed by atoms with E-state index in [1.54, 1.807) is 7.11 Å². The number of ether oxygens (including phenoxy) is 1. The number of imidazole rings is 1. The van der Waals surface area contributed by atoms with Crippen LogP contribution in [0.1, 0.15) is 5.56 Å². The maximum Gasteiger partial charge on any atom is 0.208 e. The van der Waals surface area contributed by atoms with Crippen LogP contribution >= 0.6 is 0 Å². The molecule has 1 N–H and O–H groups in total. The van der Waals surface area contributed by atoms with E-state index in [-0.39, 0.29) is 0 Å². The molecule has 4 heteroatoms. The van der Waals surface area contributed by atoms with Crippen LogP contribution in [0.4, 0.5) is 11.6 Å². The van der Waals surface area contributed by atoms with Crippen molar-refractivity contribution in [2.45, 2.75) is 6.92 Å². The molecule has 0 aliphatic carbocycles. The SMILES string of the molecule is COc1ccc(C)cc1Nc1nc2ccccc2n1C. The fourth-order valence-electron chi connectivity index (χ4n) is 2.30. The Morgan fingerprint density at radius 1 is 1.15 bits per heavy atom. The monoisotopic (exact) mass is 267 g/mol. The molecule has 0 saturated heterocycles. The molecule has 0 radical (unpaired) electrons. The van der Waals surface area contributed by atoms with Gasteiger partial charge in [-0.05, 0) is 36.8 Å². The van der Waals surface area contributed by atoms with Gasteiger partial charge < -0.3 is 14.6 Å². The molecule has 2 aromatic carbocycles. The number of anilines is 2. The molecule has 1 heterocycles. The zero-order valence-corrected chi connectivity index (χ0v) is 11.8. The number of para-hydroxylation sites is 2. The fourth-order valence-corrected chi connectivity index (χ4v) is 2.30. The Morgan fingerprint density at radius 2 is 1.95 bits per heavy atom. The molecule has 0 atom stereocenters. The summed E-state index contributed by atoms with van der Waals surface area (Å²) in [7, 11) is 3.67. The average molecular weight is 267 g/mol. The number of aromatic nitrogens is 2. The minimum Gasteiger partial charge on any atom is -0.495 e. The Kier molecular flexibility index (Phi) is 3.06. The van der Waals surface area contributed by atoms with E-state index in [0.29, 0.717) is 0 Å². The lowest BCUT2D eigenvalue weighted by molar-refractivity contribution is 0.416. The van der Waals surface area contributed by atoms with Gasteiger partial charge in [0.1, 0.15) is 5.75 Å². The molecule has 0 fully saturated rings. The molecule has 1 aromatic heterocycles. The number of aryl methyl sites for hydroxylation is 2. The topological polar surface area (TPSA) is 39.1 Å². The zero-order chi connectivity index (χ0) is 14.1. The summed E-state index contributed by atoms with van der Waals surface area (Å²) < 4.78 is 7.43. The number of hydrogen-bond acceptors (Lipinski definition) is 3. The maximum absolute atomic E-state index is 5.39. The highest BCUT2D eigenvalue weighted by Gasteiger charge is 2.10. The van der Waals surface area contributed by atoms with Gasteiger partial charge in [-0.3, -0.25) is 0 Å². The van der Waals surface area contributed by atoms with Crippen LogP contribution in [-0.2, 0) is 7.05 Å². The Morgan fingerprint density at radius 3 is 2.70 bits per heavy atom. The van der Waals surface area contributed by atoms with Crippen LogP contribution < -0.4 is 10.1 Å². The molecule has 0 unspecified atom stereocenters. The molecule has 3 aromatic rings. The highest BCUT2D eigenvalue weighted by atomic mass is 16.5. The number of nitrogens with zero attached hydrogens (tertiary/aromatic N) is 2. The lowest BCUT2D eigenvalue weighted by atomic mass is 10.2. The molecule has 0 saturated carbocycles. The van der Waals surface area contributed by atoms with Crippen molar-refractivity contribution >= 4 is 22.7 Å². The summed E-state index contributed by atoms with van der Waals surface area (Å²) in [4.78, 5) is 4.61. The third-order valence-electron chi connectivity index (χ3n) is 3.39. The molecule has 0 bridgehead atoms. The van der Waals surface area contributed by atoms with Crippen LogP contribution in [0, 0.1) is 6.92 Å². The molecular formula is C16H17N3O. The van der Waals surface area contributed by atoms with Crippen LogP contribution in [0.25, 0.3) is 11.0 Å². The number of nitrogens with one attached hydrogen (secondary N) is 1. The Hall–Kier alpha value is -2.49. The minimum atomic E-state index is 0.801. The van der Waals surface area contributed by atoms with Crippen LogP contribution in [0.15, 0.2) is 42.5 Å². The Labute approximate surface area is 118 Å². The van der Waals surface area contributed by atoms with E-state index >= 15 is 0 Å². The fraction of sp³-hybridized carbons (Fsp3) is 0.188. The standard InChI is InChI=1S/C16H17N3O/c1-11-8-9-15(20-3)13(10-11)18-16-17-12-6-4-5-7-14(12)19(16)2/h4-10H,1-3H3,(H,17,18). The van der Waals surface area contributed by atoms with Gasteiger partial charge in [0, 0.05) is 7.05 Å². The molecule has 0 spiro atoms. The number of methoxy groups -OCH3 is 1. The van der Waals surface area contributed by atoms with Gasteiger partial charge >= 0.3 is 0 Å². The molecule has 102 valence electrons. The van der Waals surface area contributed by atoms with Crippen LogP contribution in [0.5, 0.6) is 5.75 Å². The van der Waals surface area contributed by atoms with Gasteiger partial charge in [-0.25, -0.2) is 4.98 Å². The third-order valence-corrected chi connectivity index (χ3v) is 3.39. The predicted molar refractivity (Wildman–Crippen MR) is 81.7 cm³/mol. The van der Waals surface area contributed by atoms with Crippen LogP contribution in [0.3, 0.4) is 0 Å². The van der Waals surface area contributed by atoms with E-state index in [2.05, 4.69) is 29.4 Å². The van der Waals surface area contributed by atoms with Crippen molar-refractivity contribution in [1.29, 1.82) is 0 Å². The van der Waals surface area contributed by atoms with Gasteiger partial charge in [-0.1, -0.05) is 18.2 Å². The van der Waals surface area contributed by atoms with E-state index in [9.17, 15) is 0 Å². The normalized spacial score (nSPS) is 10.8. The number of fused-ring (bicyclic) bond motifs is 1. The highest BCUT2D eigenvalue weighted by Crippen LogP contribution is 2.29. The predicted octanol–water partition coefficient (Wildman–Crippen LogP) is 3.63. The molecule has 0 aliphatic heterocycles. The van der Waals surface area contributed by atoms with E-state index < -0.39 is 0 Å². The highest BCUT2D eigenvalue weighted by molar-refractivity contribution is 5.80. The Balaban J connectivity index is 2.05. The Bertz CT molecular complexity index is 762. The summed E-state index contributed by atoms with van der Waals surface area (Å²) in [6.07, 6.45) is 0. The van der Waals surface area contributed by atoms with Gasteiger partial charge in [0.2, 0.25) is 5.95 Å². The van der Waals surface area contributed by atoms with E-state index in [1.807, 2.05) is 41.9 Å². The van der Waals surface area contributed by atoms with Crippen LogP contribution in [-0.4, -0.2) is 16.7 Å². The average Bonchev–Trinajstić information content (AvgIpc) is 2.76. The van der Waals surface area contributed by atoms with Gasteiger partial charge in [0.05, 0.1) is 23.8 Å². The molecule has 3 rings (SSSR count). The van der Waals surface area contributed by atoms with Gasteiger partial charge in [-0.2, -0.15) is 0 Å². The summed E-state index contributed by atoms with van der Waals surface area (Å²) in [6, 6.07) is 14.1. The third kappa shape index (κ3) is 2.09. The number of benzene rings is 2. The number of hydrogen-bond donors (Lipinski definition) is 1. The van der Waals surface area contributed by atoms with Gasteiger partial charge in [0.25, 0.3) is 0 Å². The first-order valence-electron chi connectivity index (χ1n) is 6.52. The summed E-state index contributed by atoms with van der Waals surface area (Å²) >= 11 is 0. The minimum absolute atomic E-state index is 0.801. The summed E-state index contributed by atoms with van der Waals surface area (Å²) in [5.41, 5.74) is 4.17. The van der Waals surface area contributed by atoms with Crippen molar-refractivity contribution < 1.29 is 4.74 Å². The summed E-state index contributed by atoms with van der Waals surface area (Å²) in [5, 5.41) is 3.35. The van der Waals surface area contributed by atoms with E-state index in [4.69, 9.17) is 4.74 Å². The van der Waals surface area contributed by atoms with Crippen molar-refractivity contribution in [3.8, 4) is 5.75 Å². The van der Waals surface area contributed by atoms with Gasteiger partial charge in [-0.15, -0.1) is 0 Å². The molecule has 0 amide bonds. The zero-order valence-electron chi connectivity index (χ0n) is 11.8. The second kappa shape index (κ2) is 4.89. The largest absolute Gasteiger partial charge is 0.495 e. The summed E-state index contributed by atoms with van der Waals surface area (Å²) in [6.45, 7) is 2.06. The molecule has 20 heavy (non-hydrogen) atoms. The maximum atomic E-state index is 5.39. The second-order valence-corrected chi connectivity index (χ2v) is 4.81. The first kappa shape index (κ1) is 12.5. The van der Waals surface area contributed by atoms with Crippen molar-refractivity contribution in [3.05, 3.63) is 48.0 Å². The van der Waals surface area contributed by atoms with Crippen molar-refractivity contribution in [3.63, 3.8) is 0 Å².